The molecule has 146 valence electrons. The number of hydrogen-bond donors (Lipinski definition) is 2. The van der Waals surface area contributed by atoms with Crippen molar-refractivity contribution >= 4 is 22.8 Å². The first-order valence-corrected chi connectivity index (χ1v) is 9.03. The fourth-order valence-corrected chi connectivity index (χ4v) is 2.60. The van der Waals surface area contributed by atoms with Crippen LogP contribution in [0.3, 0.4) is 0 Å². The molecule has 0 radical (unpaired) electrons. The molecule has 2 aromatic carbocycles. The fraction of sp³-hybridized carbons (Fsp3) is 0.238. The predicted molar refractivity (Wildman–Crippen MR) is 105 cm³/mol. The van der Waals surface area contributed by atoms with Crippen LogP contribution in [0.15, 0.2) is 54.6 Å². The van der Waals surface area contributed by atoms with Gasteiger partial charge in [0.2, 0.25) is 0 Å². The van der Waals surface area contributed by atoms with E-state index in [0.717, 1.165) is 16.7 Å². The highest BCUT2D eigenvalue weighted by Crippen LogP contribution is 2.17. The van der Waals surface area contributed by atoms with Crippen LogP contribution in [0.4, 0.5) is 0 Å². The second kappa shape index (κ2) is 9.45. The molecule has 1 aromatic heterocycles. The number of hydrogen-bond acceptors (Lipinski definition) is 5. The molecule has 0 aliphatic heterocycles. The Morgan fingerprint density at radius 2 is 1.71 bits per heavy atom. The monoisotopic (exact) mass is 382 g/mol. The largest absolute Gasteiger partial charge is 0.494 e. The van der Waals surface area contributed by atoms with Crippen LogP contribution in [0.5, 0.6) is 11.5 Å². The molecule has 3 aromatic rings. The van der Waals surface area contributed by atoms with Crippen molar-refractivity contribution in [3.8, 4) is 11.5 Å². The Hall–Kier alpha value is -3.48. The van der Waals surface area contributed by atoms with Crippen LogP contribution in [-0.2, 0) is 9.53 Å². The maximum atomic E-state index is 12.0. The Bertz CT molecular complexity index is 900. The zero-order valence-corrected chi connectivity index (χ0v) is 15.6. The standard InChI is InChI=1S/C21H22N2O5/c1-2-26-16-7-9-17(10-8-16)27-12-11-22-20(24)14-28-21(25)19-13-15-5-3-4-6-18(15)23-19/h3-10,13,23H,2,11-12,14H2,1H3,(H,22,24). The third kappa shape index (κ3) is 5.26. The van der Waals surface area contributed by atoms with E-state index in [1.807, 2.05) is 43.3 Å². The second-order valence-corrected chi connectivity index (χ2v) is 5.95. The SMILES string of the molecule is CCOc1ccc(OCCNC(=O)COC(=O)c2cc3ccccc3[nH]2)cc1. The number of H-pyrrole nitrogens is 1. The molecule has 3 rings (SSSR count). The summed E-state index contributed by atoms with van der Waals surface area (Å²) < 4.78 is 15.9. The van der Waals surface area contributed by atoms with Crippen molar-refractivity contribution in [2.24, 2.45) is 0 Å². The zero-order valence-electron chi connectivity index (χ0n) is 15.6. The Morgan fingerprint density at radius 1 is 1.00 bits per heavy atom. The van der Waals surface area contributed by atoms with Crippen molar-refractivity contribution in [1.82, 2.24) is 10.3 Å². The number of nitrogens with one attached hydrogen (secondary N) is 2. The van der Waals surface area contributed by atoms with Gasteiger partial charge in [-0.25, -0.2) is 4.79 Å². The number of aromatic nitrogens is 1. The van der Waals surface area contributed by atoms with Gasteiger partial charge < -0.3 is 24.5 Å². The number of carbonyl (C=O) groups is 2. The summed E-state index contributed by atoms with van der Waals surface area (Å²) in [4.78, 5) is 26.8. The number of aromatic amines is 1. The van der Waals surface area contributed by atoms with E-state index in [1.165, 1.54) is 0 Å². The summed E-state index contributed by atoms with van der Waals surface area (Å²) in [5.74, 6) is 0.500. The van der Waals surface area contributed by atoms with Gasteiger partial charge in [0.05, 0.1) is 13.2 Å². The van der Waals surface area contributed by atoms with Crippen LogP contribution in [0.25, 0.3) is 10.9 Å². The smallest absolute Gasteiger partial charge is 0.355 e. The van der Waals surface area contributed by atoms with Gasteiger partial charge in [-0.2, -0.15) is 0 Å². The summed E-state index contributed by atoms with van der Waals surface area (Å²) >= 11 is 0. The van der Waals surface area contributed by atoms with Gasteiger partial charge in [0.15, 0.2) is 6.61 Å². The lowest BCUT2D eigenvalue weighted by Gasteiger charge is -2.09. The minimum absolute atomic E-state index is 0.301. The fourth-order valence-electron chi connectivity index (χ4n) is 2.60. The molecule has 0 fully saturated rings. The highest BCUT2D eigenvalue weighted by atomic mass is 16.5. The molecule has 0 atom stereocenters. The summed E-state index contributed by atoms with van der Waals surface area (Å²) in [5.41, 5.74) is 1.15. The molecular formula is C21H22N2O5. The van der Waals surface area contributed by atoms with Gasteiger partial charge >= 0.3 is 5.97 Å². The first kappa shape index (κ1) is 19.3. The molecule has 1 heterocycles. The molecule has 28 heavy (non-hydrogen) atoms. The van der Waals surface area contributed by atoms with Gasteiger partial charge in [0.25, 0.3) is 5.91 Å². The number of para-hydroxylation sites is 1. The highest BCUT2D eigenvalue weighted by molar-refractivity contribution is 5.95. The molecule has 7 heteroatoms. The van der Waals surface area contributed by atoms with E-state index in [1.54, 1.807) is 18.2 Å². The molecule has 0 unspecified atom stereocenters. The molecule has 0 aliphatic carbocycles. The zero-order chi connectivity index (χ0) is 19.8. The van der Waals surface area contributed by atoms with Crippen LogP contribution < -0.4 is 14.8 Å². The van der Waals surface area contributed by atoms with Crippen LogP contribution in [0, 0.1) is 0 Å². The number of fused-ring (bicyclic) bond motifs is 1. The first-order chi connectivity index (χ1) is 13.7. The highest BCUT2D eigenvalue weighted by Gasteiger charge is 2.12. The van der Waals surface area contributed by atoms with Crippen molar-refractivity contribution in [3.63, 3.8) is 0 Å². The summed E-state index contributed by atoms with van der Waals surface area (Å²) in [5, 5.41) is 3.55. The number of carbonyl (C=O) groups excluding carboxylic acids is 2. The van der Waals surface area contributed by atoms with Gasteiger partial charge in [0.1, 0.15) is 23.8 Å². The van der Waals surface area contributed by atoms with E-state index < -0.39 is 5.97 Å². The van der Waals surface area contributed by atoms with Crippen molar-refractivity contribution in [2.75, 3.05) is 26.4 Å². The lowest BCUT2D eigenvalue weighted by molar-refractivity contribution is -0.124. The Kier molecular flexibility index (Phi) is 6.51. The summed E-state index contributed by atoms with van der Waals surface area (Å²) in [7, 11) is 0. The third-order valence-electron chi connectivity index (χ3n) is 3.91. The topological polar surface area (TPSA) is 89.7 Å². The molecule has 0 bridgehead atoms. The molecular weight excluding hydrogens is 360 g/mol. The molecule has 0 saturated heterocycles. The lowest BCUT2D eigenvalue weighted by Crippen LogP contribution is -2.32. The number of benzene rings is 2. The minimum atomic E-state index is -0.572. The number of amides is 1. The van der Waals surface area contributed by atoms with Gasteiger partial charge in [-0.3, -0.25) is 4.79 Å². The molecule has 0 saturated carbocycles. The van der Waals surface area contributed by atoms with E-state index >= 15 is 0 Å². The van der Waals surface area contributed by atoms with Crippen LogP contribution in [0.1, 0.15) is 17.4 Å². The molecule has 2 N–H and O–H groups in total. The van der Waals surface area contributed by atoms with Gasteiger partial charge in [-0.05, 0) is 43.3 Å². The van der Waals surface area contributed by atoms with E-state index in [4.69, 9.17) is 14.2 Å². The first-order valence-electron chi connectivity index (χ1n) is 9.03. The number of rotatable bonds is 9. The maximum absolute atomic E-state index is 12.0. The predicted octanol–water partition coefficient (Wildman–Crippen LogP) is 2.92. The minimum Gasteiger partial charge on any atom is -0.494 e. The average Bonchev–Trinajstić information content (AvgIpc) is 3.15. The Labute approximate surface area is 162 Å². The van der Waals surface area contributed by atoms with Crippen molar-refractivity contribution in [3.05, 3.63) is 60.3 Å². The van der Waals surface area contributed by atoms with Crippen LogP contribution in [-0.4, -0.2) is 43.2 Å². The quantitative estimate of drug-likeness (QED) is 0.439. The number of ether oxygens (including phenoxy) is 3. The van der Waals surface area contributed by atoms with Crippen LogP contribution in [0.2, 0.25) is 0 Å². The summed E-state index contributed by atoms with van der Waals surface area (Å²) in [6, 6.07) is 16.4. The molecule has 7 nitrogen and oxygen atoms in total. The Balaban J connectivity index is 1.35. The van der Waals surface area contributed by atoms with Gasteiger partial charge in [-0.15, -0.1) is 0 Å². The molecule has 0 aliphatic rings. The Morgan fingerprint density at radius 3 is 2.43 bits per heavy atom. The van der Waals surface area contributed by atoms with Gasteiger partial charge in [-0.1, -0.05) is 18.2 Å². The van der Waals surface area contributed by atoms with E-state index in [0.29, 0.717) is 31.2 Å². The van der Waals surface area contributed by atoms with E-state index in [9.17, 15) is 9.59 Å². The van der Waals surface area contributed by atoms with Crippen molar-refractivity contribution in [1.29, 1.82) is 0 Å². The lowest BCUT2D eigenvalue weighted by atomic mass is 10.2. The van der Waals surface area contributed by atoms with Crippen molar-refractivity contribution in [2.45, 2.75) is 6.92 Å². The van der Waals surface area contributed by atoms with E-state index in [2.05, 4.69) is 10.3 Å². The molecule has 0 spiro atoms. The normalized spacial score (nSPS) is 10.5. The van der Waals surface area contributed by atoms with E-state index in [-0.39, 0.29) is 12.5 Å². The third-order valence-corrected chi connectivity index (χ3v) is 3.91. The second-order valence-electron chi connectivity index (χ2n) is 5.95. The van der Waals surface area contributed by atoms with Crippen LogP contribution >= 0.6 is 0 Å². The summed E-state index contributed by atoms with van der Waals surface area (Å²) in [6.45, 7) is 2.78. The number of esters is 1. The van der Waals surface area contributed by atoms with Gasteiger partial charge in [0, 0.05) is 10.9 Å². The summed E-state index contributed by atoms with van der Waals surface area (Å²) in [6.07, 6.45) is 0. The average molecular weight is 382 g/mol. The van der Waals surface area contributed by atoms with Crippen molar-refractivity contribution < 1.29 is 23.8 Å². The maximum Gasteiger partial charge on any atom is 0.355 e. The molecule has 1 amide bonds.